The van der Waals surface area contributed by atoms with Crippen LogP contribution >= 0.6 is 23.4 Å². The zero-order valence-corrected chi connectivity index (χ0v) is 76.0. The van der Waals surface area contributed by atoms with Gasteiger partial charge in [0.1, 0.15) is 19.8 Å². The Balaban J connectivity index is -0.000000103. The molecule has 0 amide bonds. The van der Waals surface area contributed by atoms with Crippen LogP contribution in [0.25, 0.3) is 0 Å². The van der Waals surface area contributed by atoms with Crippen molar-refractivity contribution in [2.75, 3.05) is 212 Å². The third-order valence-electron chi connectivity index (χ3n) is 11.4. The number of hydrogen-bond donors (Lipinski definition) is 5. The first-order chi connectivity index (χ1) is 54.0. The molecule has 115 heavy (non-hydrogen) atoms. The quantitative estimate of drug-likeness (QED) is 0.00942. The maximum atomic E-state index is 11.1. The van der Waals surface area contributed by atoms with Gasteiger partial charge in [-0.25, -0.2) is 52.7 Å². The Bertz CT molecular complexity index is 2310. The van der Waals surface area contributed by atoms with Gasteiger partial charge in [0.15, 0.2) is 60.1 Å². The Morgan fingerprint density at radius 2 is 0.678 bits per heavy atom. The van der Waals surface area contributed by atoms with Crippen molar-refractivity contribution in [2.45, 2.75) is 128 Å². The monoisotopic (exact) mass is 1760 g/mol. The van der Waals surface area contributed by atoms with Crippen LogP contribution in [0, 0.1) is 0 Å². The molecule has 0 aliphatic rings. The second kappa shape index (κ2) is 106. The second-order valence-corrected chi connectivity index (χ2v) is 21.8. The van der Waals surface area contributed by atoms with Crippen LogP contribution in [-0.2, 0) is 174 Å². The number of carbonyl (C=O) groups is 13. The largest absolute Gasteiger partial charge is 1.00 e. The van der Waals surface area contributed by atoms with Gasteiger partial charge in [-0.1, -0.05) is 70.3 Å². The van der Waals surface area contributed by atoms with Crippen molar-refractivity contribution in [3.8, 4) is 0 Å². The number of aliphatic hydroxyl groups excluding tert-OH is 5. The Morgan fingerprint density at radius 3 is 0.904 bits per heavy atom. The molecule has 0 saturated heterocycles. The number of hydrogen-bond acceptors (Lipinski definition) is 43. The van der Waals surface area contributed by atoms with Gasteiger partial charge >= 0.3 is 117 Å². The average molecular weight is 1760 g/mol. The molecule has 41 nitrogen and oxygen atoms in total. The minimum atomic E-state index is -1.39. The van der Waals surface area contributed by atoms with Crippen LogP contribution in [0.4, 0.5) is 9.59 Å². The number of rotatable bonds is 46. The summed E-state index contributed by atoms with van der Waals surface area (Å²) in [5.74, 6) is -3.84. The number of unbranched alkanes of at least 4 members (excludes halogenated alkanes) is 1. The van der Waals surface area contributed by atoms with Crippen molar-refractivity contribution in [1.29, 1.82) is 0 Å². The van der Waals surface area contributed by atoms with Gasteiger partial charge in [-0.15, -0.1) is 6.58 Å². The van der Waals surface area contributed by atoms with Crippen LogP contribution in [0.2, 0.25) is 0 Å². The molecule has 5 N–H and O–H groups in total. The van der Waals surface area contributed by atoms with Gasteiger partial charge in [0, 0.05) is 106 Å². The minimum absolute atomic E-state index is 0. The second-order valence-electron chi connectivity index (χ2n) is 19.7. The SMILES string of the molecule is C=CCOC(=O)Cl.C=CCOC(=O)OCC(OC)C(=O)OC.C=CCOCC(OC)C(=O)OC.CC(=O)[S-].CCC(O)C(=O)OC.CCC(OC)C(=O)OC.CCCCOCC(OC)C(=O)OC.COC(=O)C(CO)OC.COC(=O)C(COCCCO)OC.COC(=O)C(COCCCSC(C)=O)OC.COC(=O)C(O)CO.[K+]. The molecule has 0 rings (SSSR count). The van der Waals surface area contributed by atoms with E-state index < -0.39 is 115 Å². The first-order valence-electron chi connectivity index (χ1n) is 33.7. The van der Waals surface area contributed by atoms with Crippen molar-refractivity contribution < 1.29 is 248 Å². The predicted octanol–water partition coefficient (Wildman–Crippen LogP) is -0.859. The standard InChI is InChI=1S/C10H18O5S.C9H14O6.C9H18O4.C8H16O5.C8H14O4.C6H12O3.C5H10O4.C5H10O3.C4H5ClO2.C4H8O4.C2H4OS.K/c1-8(11)16-6-4-5-15-7-9(13-2)10(12)14-3;1-4-5-14-9(11)15-6-7(12-2)8(10)13-3;1-4-5-6-13-7-8(11-2)9(10)12-3;1-11-7(8(10)12-2)6-13-5-3-4-9;1-4-5-12-6-7(10-2)8(9)11-3;1-4-5(8-2)6(7)9-3;1-8-4(3-6)5(7)9-2;1-3-4(6)5(7)8-2;1-2-3-7-4(5)6;1-8-4(7)3(6)2-5;1-2(3)4;/h9H,4-7H2,1-3H3;4,7H,1,5-6H2,2-3H3;8H,4-7H2,1-3H3;7,9H,3-6H2,1-2H3;4,7H,1,5-6H2,2-3H3;5H,4H2,1-3H3;4,6H,3H2,1-2H3;4,6H,3H2,1-2H3;2H,1,3H2;3,5-6H,2H2,1H3;1H3,(H,3,4);/q;;;;;;;;;;;+1/p-1. The van der Waals surface area contributed by atoms with E-state index in [1.807, 2.05) is 6.92 Å². The van der Waals surface area contributed by atoms with Gasteiger partial charge in [0.25, 0.3) is 0 Å². The van der Waals surface area contributed by atoms with E-state index in [1.54, 1.807) is 13.0 Å². The molecule has 0 aromatic heterocycles. The van der Waals surface area contributed by atoms with Gasteiger partial charge in [0.2, 0.25) is 0 Å². The fourth-order valence-electron chi connectivity index (χ4n) is 5.33. The number of ether oxygens (including phenoxy) is 23. The van der Waals surface area contributed by atoms with Crippen LogP contribution in [0.1, 0.15) is 73.1 Å². The summed E-state index contributed by atoms with van der Waals surface area (Å²) >= 11 is 9.99. The summed E-state index contributed by atoms with van der Waals surface area (Å²) in [6.45, 7) is 20.5. The summed E-state index contributed by atoms with van der Waals surface area (Å²) < 4.78 is 107. The van der Waals surface area contributed by atoms with Crippen molar-refractivity contribution >= 4 is 112 Å². The van der Waals surface area contributed by atoms with Crippen LogP contribution in [-0.4, -0.2) is 368 Å². The first kappa shape index (κ1) is 135. The van der Waals surface area contributed by atoms with Crippen LogP contribution < -0.4 is 51.4 Å². The number of carbonyl (C=O) groups excluding carboxylic acids is 13. The Morgan fingerprint density at radius 1 is 0.383 bits per heavy atom. The van der Waals surface area contributed by atoms with Gasteiger partial charge in [-0.2, -0.15) is 0 Å². The van der Waals surface area contributed by atoms with Crippen molar-refractivity contribution in [1.82, 2.24) is 0 Å². The van der Waals surface area contributed by atoms with E-state index in [2.05, 4.69) is 101 Å². The third-order valence-corrected chi connectivity index (χ3v) is 12.4. The molecule has 9 unspecified atom stereocenters. The molecule has 0 radical (unpaired) electrons. The number of methoxy groups -OCH3 is 16. The van der Waals surface area contributed by atoms with E-state index in [4.69, 9.17) is 84.5 Å². The molecule has 0 bridgehead atoms. The molecule has 45 heteroatoms. The average Bonchev–Trinajstić information content (AvgIpc) is 1.11. The normalized spacial score (nSPS) is 11.7. The molecule has 0 aliphatic heterocycles. The molecule has 0 aromatic rings. The fourth-order valence-corrected chi connectivity index (χ4v) is 5.94. The molecular formula is C70H128ClKO41S2. The van der Waals surface area contributed by atoms with Crippen LogP contribution in [0.5, 0.6) is 0 Å². The Hall–Kier alpha value is -5.61. The fraction of sp³-hybridized carbons (Fsp3) is 0.729. The van der Waals surface area contributed by atoms with Crippen LogP contribution in [0.15, 0.2) is 38.0 Å². The van der Waals surface area contributed by atoms with Crippen LogP contribution in [0.3, 0.4) is 0 Å². The molecular weight excluding hydrogens is 1640 g/mol. The van der Waals surface area contributed by atoms with Crippen molar-refractivity contribution in [3.05, 3.63) is 38.0 Å². The van der Waals surface area contributed by atoms with Gasteiger partial charge in [-0.3, -0.25) is 4.79 Å². The van der Waals surface area contributed by atoms with E-state index in [1.165, 1.54) is 144 Å². The van der Waals surface area contributed by atoms with Gasteiger partial charge < -0.3 is 152 Å². The minimum Gasteiger partial charge on any atom is -0.742 e. The molecule has 0 saturated carbocycles. The summed E-state index contributed by atoms with van der Waals surface area (Å²) in [4.78, 5) is 137. The number of halogens is 1. The van der Waals surface area contributed by atoms with Crippen molar-refractivity contribution in [3.63, 3.8) is 0 Å². The van der Waals surface area contributed by atoms with E-state index in [0.717, 1.165) is 32.1 Å². The van der Waals surface area contributed by atoms with E-state index in [0.29, 0.717) is 45.7 Å². The molecule has 0 heterocycles. The summed E-state index contributed by atoms with van der Waals surface area (Å²) in [6.07, 6.45) is 0.922. The zero-order valence-electron chi connectivity index (χ0n) is 70.5. The Labute approximate surface area is 732 Å². The topological polar surface area (TPSA) is 535 Å². The van der Waals surface area contributed by atoms with Crippen molar-refractivity contribution in [2.24, 2.45) is 0 Å². The van der Waals surface area contributed by atoms with E-state index in [9.17, 15) is 62.3 Å². The molecule has 0 aliphatic carbocycles. The maximum absolute atomic E-state index is 11.1. The summed E-state index contributed by atoms with van der Waals surface area (Å²) in [5, 5.41) is 41.8. The molecule has 0 aromatic carbocycles. The molecule has 9 atom stereocenters. The smallest absolute Gasteiger partial charge is 0.742 e. The predicted molar refractivity (Wildman–Crippen MR) is 411 cm³/mol. The molecule has 0 fully saturated rings. The first-order valence-corrected chi connectivity index (χ1v) is 35.4. The van der Waals surface area contributed by atoms with Gasteiger partial charge in [-0.05, 0) is 39.0 Å². The number of aliphatic hydroxyl groups is 5. The molecule has 0 spiro atoms. The number of esters is 9. The summed E-state index contributed by atoms with van der Waals surface area (Å²) in [5.41, 5.74) is -0.792. The molecule has 674 valence electrons. The van der Waals surface area contributed by atoms with E-state index in [-0.39, 0.29) is 133 Å². The maximum Gasteiger partial charge on any atom is 1.00 e. The summed E-state index contributed by atoms with van der Waals surface area (Å²) in [7, 11) is 21.3. The zero-order chi connectivity index (χ0) is 90.6. The van der Waals surface area contributed by atoms with Gasteiger partial charge in [0.05, 0.1) is 110 Å². The number of thioether (sulfide) groups is 1. The third kappa shape index (κ3) is 103. The summed E-state index contributed by atoms with van der Waals surface area (Å²) in [6, 6.07) is 0. The van der Waals surface area contributed by atoms with E-state index >= 15 is 0 Å². The Kier molecular flexibility index (Phi) is 125.